The molecule has 1 amide bonds. The molecule has 0 bridgehead atoms. The third kappa shape index (κ3) is 3.71. The van der Waals surface area contributed by atoms with E-state index in [1.54, 1.807) is 24.3 Å². The largest absolute Gasteiger partial charge is 0.306 e. The van der Waals surface area contributed by atoms with Crippen molar-refractivity contribution in [2.45, 2.75) is 13.3 Å². The number of carbonyl (C=O) groups excluding carboxylic acids is 1. The van der Waals surface area contributed by atoms with Gasteiger partial charge in [-0.1, -0.05) is 48.0 Å². The van der Waals surface area contributed by atoms with E-state index in [0.717, 1.165) is 22.5 Å². The number of nitrogens with one attached hydrogen (secondary N) is 1. The number of pyridine rings is 1. The number of rotatable bonds is 4. The van der Waals surface area contributed by atoms with Crippen LogP contribution in [0.2, 0.25) is 5.02 Å². The lowest BCUT2D eigenvalue weighted by Crippen LogP contribution is -2.14. The normalized spacial score (nSPS) is 10.9. The minimum Gasteiger partial charge on any atom is -0.306 e. The van der Waals surface area contributed by atoms with Crippen LogP contribution in [0.1, 0.15) is 27.2 Å². The number of imidazole rings is 1. The molecule has 0 fully saturated rings. The molecule has 134 valence electrons. The second-order valence-electron chi connectivity index (χ2n) is 6.47. The highest BCUT2D eigenvalue weighted by Crippen LogP contribution is 2.23. The van der Waals surface area contributed by atoms with E-state index >= 15 is 0 Å². The van der Waals surface area contributed by atoms with Crippen LogP contribution in [0.4, 0.5) is 5.82 Å². The quantitative estimate of drug-likeness (QED) is 0.537. The zero-order valence-electron chi connectivity index (χ0n) is 14.8. The molecule has 0 unspecified atom stereocenters. The molecule has 0 aliphatic heterocycles. The SMILES string of the molecule is Cc1ccc2nc(Cc3ccccc3)c(NC(=O)c3ccc(Cl)cc3)n2c1. The first kappa shape index (κ1) is 17.3. The maximum Gasteiger partial charge on any atom is 0.256 e. The van der Waals surface area contributed by atoms with Gasteiger partial charge in [-0.2, -0.15) is 0 Å². The van der Waals surface area contributed by atoms with Crippen LogP contribution in [0, 0.1) is 6.92 Å². The molecule has 4 rings (SSSR count). The van der Waals surface area contributed by atoms with Crippen molar-refractivity contribution in [3.05, 3.63) is 100 Å². The average molecular weight is 376 g/mol. The van der Waals surface area contributed by atoms with E-state index < -0.39 is 0 Å². The van der Waals surface area contributed by atoms with Gasteiger partial charge in [-0.05, 0) is 48.4 Å². The van der Waals surface area contributed by atoms with Crippen molar-refractivity contribution in [2.24, 2.45) is 0 Å². The first-order valence-corrected chi connectivity index (χ1v) is 9.06. The van der Waals surface area contributed by atoms with Gasteiger partial charge in [0.1, 0.15) is 11.5 Å². The van der Waals surface area contributed by atoms with E-state index in [4.69, 9.17) is 16.6 Å². The van der Waals surface area contributed by atoms with Crippen molar-refractivity contribution in [3.8, 4) is 0 Å². The maximum atomic E-state index is 12.8. The molecule has 2 heterocycles. The number of carbonyl (C=O) groups is 1. The number of aryl methyl sites for hydroxylation is 1. The first-order valence-electron chi connectivity index (χ1n) is 8.68. The zero-order chi connectivity index (χ0) is 18.8. The van der Waals surface area contributed by atoms with E-state index in [0.29, 0.717) is 22.8 Å². The summed E-state index contributed by atoms with van der Waals surface area (Å²) in [6.45, 7) is 2.01. The summed E-state index contributed by atoms with van der Waals surface area (Å²) in [4.78, 5) is 17.5. The number of aromatic nitrogens is 2. The summed E-state index contributed by atoms with van der Waals surface area (Å²) in [5.41, 5.74) is 4.41. The van der Waals surface area contributed by atoms with Crippen molar-refractivity contribution in [1.29, 1.82) is 0 Å². The van der Waals surface area contributed by atoms with Gasteiger partial charge in [0.2, 0.25) is 0 Å². The Bertz CT molecular complexity index is 1100. The summed E-state index contributed by atoms with van der Waals surface area (Å²) in [5.74, 6) is 0.502. The highest BCUT2D eigenvalue weighted by Gasteiger charge is 2.16. The van der Waals surface area contributed by atoms with Gasteiger partial charge < -0.3 is 5.32 Å². The average Bonchev–Trinajstić information content (AvgIpc) is 2.99. The van der Waals surface area contributed by atoms with Gasteiger partial charge in [0.25, 0.3) is 5.91 Å². The molecule has 2 aromatic heterocycles. The Morgan fingerprint density at radius 2 is 1.78 bits per heavy atom. The predicted molar refractivity (Wildman–Crippen MR) is 109 cm³/mol. The summed E-state index contributed by atoms with van der Waals surface area (Å²) < 4.78 is 1.93. The molecule has 0 aliphatic rings. The third-order valence-corrected chi connectivity index (χ3v) is 4.64. The van der Waals surface area contributed by atoms with Crippen LogP contribution in [0.15, 0.2) is 72.9 Å². The summed E-state index contributed by atoms with van der Waals surface area (Å²) in [7, 11) is 0. The molecule has 1 N–H and O–H groups in total. The van der Waals surface area contributed by atoms with E-state index in [1.165, 1.54) is 0 Å². The molecule has 4 nitrogen and oxygen atoms in total. The smallest absolute Gasteiger partial charge is 0.256 e. The van der Waals surface area contributed by atoms with Crippen molar-refractivity contribution in [3.63, 3.8) is 0 Å². The first-order chi connectivity index (χ1) is 13.1. The molecule has 0 saturated carbocycles. The lowest BCUT2D eigenvalue weighted by molar-refractivity contribution is 0.102. The summed E-state index contributed by atoms with van der Waals surface area (Å²) in [6.07, 6.45) is 2.62. The fourth-order valence-electron chi connectivity index (χ4n) is 3.03. The van der Waals surface area contributed by atoms with Gasteiger partial charge >= 0.3 is 0 Å². The topological polar surface area (TPSA) is 46.4 Å². The van der Waals surface area contributed by atoms with Crippen molar-refractivity contribution >= 4 is 29.0 Å². The van der Waals surface area contributed by atoms with Gasteiger partial charge in [-0.3, -0.25) is 9.20 Å². The Hall–Kier alpha value is -3.11. The van der Waals surface area contributed by atoms with Crippen molar-refractivity contribution in [2.75, 3.05) is 5.32 Å². The van der Waals surface area contributed by atoms with Crippen LogP contribution in [-0.2, 0) is 6.42 Å². The molecule has 0 radical (unpaired) electrons. The van der Waals surface area contributed by atoms with E-state index in [9.17, 15) is 4.79 Å². The van der Waals surface area contributed by atoms with Gasteiger partial charge in [0.05, 0.1) is 5.69 Å². The van der Waals surface area contributed by atoms with Crippen LogP contribution in [0.5, 0.6) is 0 Å². The monoisotopic (exact) mass is 375 g/mol. The Labute approximate surface area is 162 Å². The van der Waals surface area contributed by atoms with Gasteiger partial charge in [-0.15, -0.1) is 0 Å². The van der Waals surface area contributed by atoms with Crippen LogP contribution >= 0.6 is 11.6 Å². The molecule has 2 aromatic carbocycles. The Balaban J connectivity index is 1.74. The molecule has 4 aromatic rings. The molecule has 0 saturated heterocycles. The predicted octanol–water partition coefficient (Wildman–Crippen LogP) is 5.14. The van der Waals surface area contributed by atoms with Gasteiger partial charge in [0, 0.05) is 23.2 Å². The minimum atomic E-state index is -0.190. The third-order valence-electron chi connectivity index (χ3n) is 4.39. The number of benzene rings is 2. The molecule has 27 heavy (non-hydrogen) atoms. The standard InChI is InChI=1S/C22H18ClN3O/c1-15-7-12-20-24-19(13-16-5-3-2-4-6-16)21(26(20)14-15)25-22(27)17-8-10-18(23)11-9-17/h2-12,14H,13H2,1H3,(H,25,27). The van der Waals surface area contributed by atoms with Crippen molar-refractivity contribution < 1.29 is 4.79 Å². The highest BCUT2D eigenvalue weighted by atomic mass is 35.5. The van der Waals surface area contributed by atoms with Gasteiger partial charge in [0.15, 0.2) is 0 Å². The molecule has 0 atom stereocenters. The molecular weight excluding hydrogens is 358 g/mol. The van der Waals surface area contributed by atoms with Crippen LogP contribution < -0.4 is 5.32 Å². The molecule has 5 heteroatoms. The van der Waals surface area contributed by atoms with Crippen LogP contribution in [-0.4, -0.2) is 15.3 Å². The lowest BCUT2D eigenvalue weighted by Gasteiger charge is -2.09. The lowest BCUT2D eigenvalue weighted by atomic mass is 10.1. The summed E-state index contributed by atoms with van der Waals surface area (Å²) in [5, 5.41) is 3.63. The number of hydrogen-bond donors (Lipinski definition) is 1. The van der Waals surface area contributed by atoms with Crippen LogP contribution in [0.25, 0.3) is 5.65 Å². The van der Waals surface area contributed by atoms with E-state index in [-0.39, 0.29) is 5.91 Å². The number of anilines is 1. The Kier molecular flexibility index (Phi) is 4.65. The number of hydrogen-bond acceptors (Lipinski definition) is 2. The molecular formula is C22H18ClN3O. The highest BCUT2D eigenvalue weighted by molar-refractivity contribution is 6.30. The van der Waals surface area contributed by atoms with Crippen LogP contribution in [0.3, 0.4) is 0 Å². The second kappa shape index (κ2) is 7.25. The number of fused-ring (bicyclic) bond motifs is 1. The minimum absolute atomic E-state index is 0.190. The maximum absolute atomic E-state index is 12.8. The van der Waals surface area contributed by atoms with E-state index in [1.807, 2.05) is 47.9 Å². The fraction of sp³-hybridized carbons (Fsp3) is 0.0909. The Morgan fingerprint density at radius 1 is 1.04 bits per heavy atom. The second-order valence-corrected chi connectivity index (χ2v) is 6.90. The Morgan fingerprint density at radius 3 is 2.52 bits per heavy atom. The molecule has 0 spiro atoms. The zero-order valence-corrected chi connectivity index (χ0v) is 15.6. The summed E-state index contributed by atoms with van der Waals surface area (Å²) >= 11 is 5.92. The van der Waals surface area contributed by atoms with E-state index in [2.05, 4.69) is 17.4 Å². The van der Waals surface area contributed by atoms with Gasteiger partial charge in [-0.25, -0.2) is 4.98 Å². The van der Waals surface area contributed by atoms with Crippen molar-refractivity contribution in [1.82, 2.24) is 9.38 Å². The fourth-order valence-corrected chi connectivity index (χ4v) is 3.15. The number of halogens is 1. The number of nitrogens with zero attached hydrogens (tertiary/aromatic N) is 2. The molecule has 0 aliphatic carbocycles. The number of amides is 1. The summed E-state index contributed by atoms with van der Waals surface area (Å²) in [6, 6.07) is 20.9.